The number of carbonyl (C=O) groups is 2. The first-order valence-corrected chi connectivity index (χ1v) is 8.90. The number of benzene rings is 1. The molecule has 6 nitrogen and oxygen atoms in total. The summed E-state index contributed by atoms with van der Waals surface area (Å²) in [6.45, 7) is 0.221. The van der Waals surface area contributed by atoms with Gasteiger partial charge in [0.25, 0.3) is 11.8 Å². The first-order chi connectivity index (χ1) is 11.6. The lowest BCUT2D eigenvalue weighted by Gasteiger charge is -2.02. The zero-order valence-electron chi connectivity index (χ0n) is 12.2. The number of hydrogen-bond acceptors (Lipinski definition) is 6. The van der Waals surface area contributed by atoms with Crippen LogP contribution in [0.15, 0.2) is 41.8 Å². The average Bonchev–Trinajstić information content (AvgIpc) is 3.24. The molecule has 3 rings (SSSR count). The van der Waals surface area contributed by atoms with E-state index >= 15 is 0 Å². The molecule has 3 aromatic rings. The summed E-state index contributed by atoms with van der Waals surface area (Å²) >= 11 is 8.36. The normalized spacial score (nSPS) is 10.4. The van der Waals surface area contributed by atoms with E-state index in [1.807, 2.05) is 11.4 Å². The largest absolute Gasteiger partial charge is 0.345 e. The molecule has 0 fully saturated rings. The summed E-state index contributed by atoms with van der Waals surface area (Å²) in [5, 5.41) is 16.3. The summed E-state index contributed by atoms with van der Waals surface area (Å²) in [4.78, 5) is 24.6. The predicted octanol–water partition coefficient (Wildman–Crippen LogP) is 3.44. The summed E-state index contributed by atoms with van der Waals surface area (Å²) in [6.07, 6.45) is 0. The third-order valence-electron chi connectivity index (χ3n) is 2.89. The second-order valence-corrected chi connectivity index (χ2v) is 7.07. The molecule has 0 saturated carbocycles. The fourth-order valence-electron chi connectivity index (χ4n) is 1.82. The maximum absolute atomic E-state index is 12.1. The van der Waals surface area contributed by atoms with E-state index in [9.17, 15) is 9.59 Å². The van der Waals surface area contributed by atoms with Gasteiger partial charge in [-0.3, -0.25) is 9.59 Å². The molecule has 24 heavy (non-hydrogen) atoms. The molecule has 0 saturated heterocycles. The van der Waals surface area contributed by atoms with E-state index in [2.05, 4.69) is 20.8 Å². The molecule has 0 aliphatic rings. The van der Waals surface area contributed by atoms with Gasteiger partial charge in [0, 0.05) is 10.7 Å². The first kappa shape index (κ1) is 16.6. The molecule has 2 heterocycles. The number of halogens is 1. The van der Waals surface area contributed by atoms with E-state index in [0.29, 0.717) is 20.6 Å². The molecular formula is C15H11ClN4O2S2. The van der Waals surface area contributed by atoms with Crippen LogP contribution < -0.4 is 10.6 Å². The van der Waals surface area contributed by atoms with Crippen LogP contribution in [0.1, 0.15) is 24.5 Å². The fourth-order valence-corrected chi connectivity index (χ4v) is 3.32. The summed E-state index contributed by atoms with van der Waals surface area (Å²) in [7, 11) is 0. The zero-order chi connectivity index (χ0) is 16.9. The number of rotatable bonds is 5. The number of carbonyl (C=O) groups excluding carboxylic acids is 2. The second kappa shape index (κ2) is 7.52. The molecular weight excluding hydrogens is 368 g/mol. The molecule has 0 atom stereocenters. The highest BCUT2D eigenvalue weighted by Gasteiger charge is 2.14. The van der Waals surface area contributed by atoms with E-state index < -0.39 is 0 Å². The lowest BCUT2D eigenvalue weighted by molar-refractivity contribution is 0.0954. The number of aromatic nitrogens is 2. The SMILES string of the molecule is O=C(NCc1nnc(C(=O)Nc2cccc(Cl)c2)s1)c1cccs1. The minimum atomic E-state index is -0.370. The Morgan fingerprint density at radius 2 is 2.00 bits per heavy atom. The van der Waals surface area contributed by atoms with Crippen molar-refractivity contribution in [2.75, 3.05) is 5.32 Å². The third kappa shape index (κ3) is 4.16. The quantitative estimate of drug-likeness (QED) is 0.712. The van der Waals surface area contributed by atoms with Gasteiger partial charge in [-0.05, 0) is 29.6 Å². The average molecular weight is 379 g/mol. The monoisotopic (exact) mass is 378 g/mol. The van der Waals surface area contributed by atoms with Gasteiger partial charge >= 0.3 is 0 Å². The van der Waals surface area contributed by atoms with E-state index in [4.69, 9.17) is 11.6 Å². The van der Waals surface area contributed by atoms with Crippen molar-refractivity contribution >= 4 is 51.8 Å². The van der Waals surface area contributed by atoms with Gasteiger partial charge in [-0.25, -0.2) is 0 Å². The van der Waals surface area contributed by atoms with E-state index in [1.54, 1.807) is 30.3 Å². The van der Waals surface area contributed by atoms with Gasteiger partial charge < -0.3 is 10.6 Å². The number of nitrogens with one attached hydrogen (secondary N) is 2. The van der Waals surface area contributed by atoms with Crippen LogP contribution in [-0.4, -0.2) is 22.0 Å². The summed E-state index contributed by atoms with van der Waals surface area (Å²) in [6, 6.07) is 10.4. The molecule has 0 spiro atoms. The standard InChI is InChI=1S/C15H11ClN4O2S2/c16-9-3-1-4-10(7-9)18-14(22)15-20-19-12(24-15)8-17-13(21)11-5-2-6-23-11/h1-7H,8H2,(H,17,21)(H,18,22). The van der Waals surface area contributed by atoms with Crippen LogP contribution in [0, 0.1) is 0 Å². The van der Waals surface area contributed by atoms with Crippen molar-refractivity contribution in [3.8, 4) is 0 Å². The molecule has 0 aliphatic carbocycles. The Morgan fingerprint density at radius 1 is 1.12 bits per heavy atom. The Balaban J connectivity index is 1.58. The van der Waals surface area contributed by atoms with Crippen molar-refractivity contribution < 1.29 is 9.59 Å². The Bertz CT molecular complexity index is 864. The van der Waals surface area contributed by atoms with Gasteiger partial charge in [0.2, 0.25) is 5.01 Å². The van der Waals surface area contributed by atoms with Crippen molar-refractivity contribution in [1.82, 2.24) is 15.5 Å². The minimum Gasteiger partial charge on any atom is -0.345 e. The van der Waals surface area contributed by atoms with Crippen LogP contribution in [0.25, 0.3) is 0 Å². The Hall–Kier alpha value is -2.29. The Morgan fingerprint density at radius 3 is 2.75 bits per heavy atom. The molecule has 0 bridgehead atoms. The van der Waals surface area contributed by atoms with Crippen molar-refractivity contribution in [2.24, 2.45) is 0 Å². The minimum absolute atomic E-state index is 0.176. The number of hydrogen-bond donors (Lipinski definition) is 2. The molecule has 0 radical (unpaired) electrons. The lowest BCUT2D eigenvalue weighted by atomic mass is 10.3. The molecule has 2 aromatic heterocycles. The van der Waals surface area contributed by atoms with Gasteiger partial charge in [0.05, 0.1) is 11.4 Å². The first-order valence-electron chi connectivity index (χ1n) is 6.83. The number of amides is 2. The smallest absolute Gasteiger partial charge is 0.286 e. The number of anilines is 1. The maximum atomic E-state index is 12.1. The van der Waals surface area contributed by atoms with Crippen molar-refractivity contribution in [1.29, 1.82) is 0 Å². The highest BCUT2D eigenvalue weighted by atomic mass is 35.5. The van der Waals surface area contributed by atoms with Crippen molar-refractivity contribution in [2.45, 2.75) is 6.54 Å². The highest BCUT2D eigenvalue weighted by Crippen LogP contribution is 2.17. The van der Waals surface area contributed by atoms with Crippen LogP contribution in [0.4, 0.5) is 5.69 Å². The van der Waals surface area contributed by atoms with Crippen LogP contribution >= 0.6 is 34.3 Å². The second-order valence-electron chi connectivity index (χ2n) is 4.63. The van der Waals surface area contributed by atoms with E-state index in [0.717, 1.165) is 11.3 Å². The molecule has 2 amide bonds. The molecule has 0 unspecified atom stereocenters. The molecule has 0 aliphatic heterocycles. The van der Waals surface area contributed by atoms with Gasteiger partial charge in [-0.15, -0.1) is 21.5 Å². The van der Waals surface area contributed by atoms with Crippen molar-refractivity contribution in [3.05, 3.63) is 61.7 Å². The van der Waals surface area contributed by atoms with Gasteiger partial charge in [0.15, 0.2) is 0 Å². The Kier molecular flexibility index (Phi) is 5.19. The number of nitrogens with zero attached hydrogens (tertiary/aromatic N) is 2. The van der Waals surface area contributed by atoms with Gasteiger partial charge in [-0.1, -0.05) is 35.1 Å². The molecule has 2 N–H and O–H groups in total. The third-order valence-corrected chi connectivity index (χ3v) is 4.91. The topological polar surface area (TPSA) is 84.0 Å². The maximum Gasteiger partial charge on any atom is 0.286 e. The summed E-state index contributed by atoms with van der Waals surface area (Å²) in [5.74, 6) is -0.546. The molecule has 122 valence electrons. The lowest BCUT2D eigenvalue weighted by Crippen LogP contribution is -2.21. The molecule has 9 heteroatoms. The van der Waals surface area contributed by atoms with Crippen molar-refractivity contribution in [3.63, 3.8) is 0 Å². The molecule has 1 aromatic carbocycles. The van der Waals surface area contributed by atoms with Gasteiger partial charge in [-0.2, -0.15) is 0 Å². The predicted molar refractivity (Wildman–Crippen MR) is 94.8 cm³/mol. The Labute approximate surface area is 150 Å². The van der Waals surface area contributed by atoms with Gasteiger partial charge in [0.1, 0.15) is 5.01 Å². The van der Waals surface area contributed by atoms with Crippen LogP contribution in [0.3, 0.4) is 0 Å². The van der Waals surface area contributed by atoms with Crippen LogP contribution in [-0.2, 0) is 6.54 Å². The zero-order valence-corrected chi connectivity index (χ0v) is 14.5. The fraction of sp³-hybridized carbons (Fsp3) is 0.0667. The van der Waals surface area contributed by atoms with Crippen LogP contribution in [0.2, 0.25) is 5.02 Å². The number of thiophene rings is 1. The van der Waals surface area contributed by atoms with Crippen LogP contribution in [0.5, 0.6) is 0 Å². The van der Waals surface area contributed by atoms with E-state index in [1.165, 1.54) is 11.3 Å². The van der Waals surface area contributed by atoms with E-state index in [-0.39, 0.29) is 23.4 Å². The summed E-state index contributed by atoms with van der Waals surface area (Å²) in [5.41, 5.74) is 0.579. The summed E-state index contributed by atoms with van der Waals surface area (Å²) < 4.78 is 0. The highest BCUT2D eigenvalue weighted by molar-refractivity contribution is 7.13.